The summed E-state index contributed by atoms with van der Waals surface area (Å²) < 4.78 is 6.01. The summed E-state index contributed by atoms with van der Waals surface area (Å²) in [6.07, 6.45) is 0.534. The summed E-state index contributed by atoms with van der Waals surface area (Å²) in [5.41, 5.74) is 7.98. The number of likely N-dealkylation sites (tertiary alicyclic amines) is 1. The molecule has 0 radical (unpaired) electrons. The second-order valence-corrected chi connectivity index (χ2v) is 6.63. The smallest absolute Gasteiger partial charge is 0.263 e. The molecule has 2 rings (SSSR count). The highest BCUT2D eigenvalue weighted by Crippen LogP contribution is 2.29. The van der Waals surface area contributed by atoms with Gasteiger partial charge in [0.05, 0.1) is 0 Å². The van der Waals surface area contributed by atoms with Crippen molar-refractivity contribution in [3.05, 3.63) is 29.3 Å². The van der Waals surface area contributed by atoms with E-state index in [0.29, 0.717) is 18.4 Å². The molecule has 2 unspecified atom stereocenters. The van der Waals surface area contributed by atoms with Crippen molar-refractivity contribution in [2.24, 2.45) is 11.7 Å². The molecule has 22 heavy (non-hydrogen) atoms. The molecule has 0 saturated carbocycles. The molecule has 4 nitrogen and oxygen atoms in total. The first-order valence-electron chi connectivity index (χ1n) is 8.18. The lowest BCUT2D eigenvalue weighted by Gasteiger charge is -2.23. The zero-order valence-corrected chi connectivity index (χ0v) is 14.1. The van der Waals surface area contributed by atoms with Gasteiger partial charge in [-0.25, -0.2) is 0 Å². The summed E-state index contributed by atoms with van der Waals surface area (Å²) in [6, 6.07) is 6.19. The molecule has 2 atom stereocenters. The molecular weight excluding hydrogens is 276 g/mol. The third kappa shape index (κ3) is 3.80. The zero-order chi connectivity index (χ0) is 16.3. The lowest BCUT2D eigenvalue weighted by molar-refractivity contribution is -0.137. The number of ether oxygens (including phenoxy) is 1. The summed E-state index contributed by atoms with van der Waals surface area (Å²) in [5, 5.41) is 0. The molecule has 0 aromatic heterocycles. The van der Waals surface area contributed by atoms with Crippen molar-refractivity contribution in [1.82, 2.24) is 4.90 Å². The Morgan fingerprint density at radius 1 is 1.41 bits per heavy atom. The highest BCUT2D eigenvalue weighted by molar-refractivity contribution is 5.81. The molecule has 4 heteroatoms. The lowest BCUT2D eigenvalue weighted by Crippen LogP contribution is -2.39. The predicted octanol–water partition coefficient (Wildman–Crippen LogP) is 2.69. The van der Waals surface area contributed by atoms with E-state index in [2.05, 4.69) is 26.0 Å². The van der Waals surface area contributed by atoms with E-state index < -0.39 is 6.10 Å². The topological polar surface area (TPSA) is 55.6 Å². The van der Waals surface area contributed by atoms with Crippen LogP contribution >= 0.6 is 0 Å². The zero-order valence-electron chi connectivity index (χ0n) is 14.1. The van der Waals surface area contributed by atoms with Gasteiger partial charge in [-0.2, -0.15) is 0 Å². The fourth-order valence-corrected chi connectivity index (χ4v) is 2.94. The van der Waals surface area contributed by atoms with Gasteiger partial charge in [0.1, 0.15) is 5.75 Å². The Hall–Kier alpha value is -1.55. The Balaban J connectivity index is 2.07. The maximum atomic E-state index is 12.5. The third-order valence-electron chi connectivity index (χ3n) is 4.37. The van der Waals surface area contributed by atoms with Crippen LogP contribution < -0.4 is 10.5 Å². The molecule has 1 saturated heterocycles. The van der Waals surface area contributed by atoms with Crippen LogP contribution in [0.25, 0.3) is 0 Å². The largest absolute Gasteiger partial charge is 0.481 e. The quantitative estimate of drug-likeness (QED) is 0.910. The first kappa shape index (κ1) is 16.8. The molecule has 1 aliphatic rings. The maximum Gasteiger partial charge on any atom is 0.263 e. The number of nitrogens with zero attached hydrogens (tertiary/aromatic N) is 1. The highest BCUT2D eigenvalue weighted by Gasteiger charge is 2.29. The summed E-state index contributed by atoms with van der Waals surface area (Å²) >= 11 is 0. The number of benzene rings is 1. The Bertz CT molecular complexity index is 528. The molecule has 1 aromatic rings. The minimum absolute atomic E-state index is 0.0622. The van der Waals surface area contributed by atoms with Gasteiger partial charge in [-0.3, -0.25) is 4.79 Å². The predicted molar refractivity (Wildman–Crippen MR) is 89.1 cm³/mol. The van der Waals surface area contributed by atoms with Gasteiger partial charge in [-0.1, -0.05) is 26.0 Å². The van der Waals surface area contributed by atoms with Crippen LogP contribution in [-0.4, -0.2) is 36.5 Å². The number of carbonyl (C=O) groups excluding carboxylic acids is 1. The number of hydrogen-bond acceptors (Lipinski definition) is 3. The fraction of sp³-hybridized carbons (Fsp3) is 0.611. The van der Waals surface area contributed by atoms with Crippen LogP contribution in [0.4, 0.5) is 0 Å². The fourth-order valence-electron chi connectivity index (χ4n) is 2.94. The van der Waals surface area contributed by atoms with Gasteiger partial charge in [-0.15, -0.1) is 0 Å². The molecule has 1 aliphatic heterocycles. The van der Waals surface area contributed by atoms with Crippen LogP contribution in [0.2, 0.25) is 0 Å². The SMILES string of the molecule is Cc1ccc(C(C)C)c(OC(C)C(=O)N2CCC(CN)C2)c1. The van der Waals surface area contributed by atoms with Gasteiger partial charge in [0.25, 0.3) is 5.91 Å². The molecule has 2 N–H and O–H groups in total. The minimum atomic E-state index is -0.462. The van der Waals surface area contributed by atoms with E-state index in [1.165, 1.54) is 0 Å². The van der Waals surface area contributed by atoms with Crippen molar-refractivity contribution >= 4 is 5.91 Å². The lowest BCUT2D eigenvalue weighted by atomic mass is 10.0. The Kier molecular flexibility index (Phi) is 5.46. The average Bonchev–Trinajstić information content (AvgIpc) is 2.95. The second-order valence-electron chi connectivity index (χ2n) is 6.63. The summed E-state index contributed by atoms with van der Waals surface area (Å²) in [6.45, 7) is 10.3. The molecular formula is C18H28N2O2. The van der Waals surface area contributed by atoms with Crippen LogP contribution in [0.15, 0.2) is 18.2 Å². The first-order chi connectivity index (χ1) is 10.4. The molecule has 1 heterocycles. The number of rotatable bonds is 5. The van der Waals surface area contributed by atoms with Crippen molar-refractivity contribution in [3.8, 4) is 5.75 Å². The molecule has 1 fully saturated rings. The van der Waals surface area contributed by atoms with Crippen molar-refractivity contribution in [2.75, 3.05) is 19.6 Å². The number of amides is 1. The van der Waals surface area contributed by atoms with Crippen molar-refractivity contribution in [2.45, 2.75) is 46.1 Å². The molecule has 1 amide bonds. The normalized spacial score (nSPS) is 19.5. The number of nitrogens with two attached hydrogens (primary N) is 1. The van der Waals surface area contributed by atoms with Crippen LogP contribution in [-0.2, 0) is 4.79 Å². The van der Waals surface area contributed by atoms with E-state index in [9.17, 15) is 4.79 Å². The van der Waals surface area contributed by atoms with Gasteiger partial charge in [-0.05, 0) is 55.8 Å². The molecule has 1 aromatic carbocycles. The number of aryl methyl sites for hydroxylation is 1. The van der Waals surface area contributed by atoms with E-state index in [1.807, 2.05) is 24.8 Å². The van der Waals surface area contributed by atoms with E-state index in [1.54, 1.807) is 0 Å². The third-order valence-corrected chi connectivity index (χ3v) is 4.37. The molecule has 0 spiro atoms. The standard InChI is InChI=1S/C18H28N2O2/c1-12(2)16-6-5-13(3)9-17(16)22-14(4)18(21)20-8-7-15(10-19)11-20/h5-6,9,12,14-15H,7-8,10-11,19H2,1-4H3. The van der Waals surface area contributed by atoms with Crippen LogP contribution in [0, 0.1) is 12.8 Å². The minimum Gasteiger partial charge on any atom is -0.481 e. The highest BCUT2D eigenvalue weighted by atomic mass is 16.5. The Morgan fingerprint density at radius 2 is 2.14 bits per heavy atom. The van der Waals surface area contributed by atoms with Crippen LogP contribution in [0.3, 0.4) is 0 Å². The Labute approximate surface area is 133 Å². The molecule has 122 valence electrons. The number of hydrogen-bond donors (Lipinski definition) is 1. The number of carbonyl (C=O) groups is 1. The average molecular weight is 304 g/mol. The summed E-state index contributed by atoms with van der Waals surface area (Å²) in [5.74, 6) is 1.69. The van der Waals surface area contributed by atoms with Crippen molar-refractivity contribution in [3.63, 3.8) is 0 Å². The molecule has 0 aliphatic carbocycles. The monoisotopic (exact) mass is 304 g/mol. The van der Waals surface area contributed by atoms with Crippen LogP contribution in [0.1, 0.15) is 44.2 Å². The van der Waals surface area contributed by atoms with Crippen molar-refractivity contribution < 1.29 is 9.53 Å². The van der Waals surface area contributed by atoms with Gasteiger partial charge in [0.2, 0.25) is 0 Å². The summed E-state index contributed by atoms with van der Waals surface area (Å²) in [4.78, 5) is 14.4. The van der Waals surface area contributed by atoms with E-state index in [0.717, 1.165) is 36.4 Å². The van der Waals surface area contributed by atoms with Gasteiger partial charge in [0, 0.05) is 13.1 Å². The second kappa shape index (κ2) is 7.14. The van der Waals surface area contributed by atoms with Crippen molar-refractivity contribution in [1.29, 1.82) is 0 Å². The van der Waals surface area contributed by atoms with Gasteiger partial charge in [0.15, 0.2) is 6.10 Å². The van der Waals surface area contributed by atoms with E-state index in [-0.39, 0.29) is 5.91 Å². The first-order valence-corrected chi connectivity index (χ1v) is 8.18. The van der Waals surface area contributed by atoms with Crippen LogP contribution in [0.5, 0.6) is 5.75 Å². The summed E-state index contributed by atoms with van der Waals surface area (Å²) in [7, 11) is 0. The maximum absolute atomic E-state index is 12.5. The van der Waals surface area contributed by atoms with E-state index in [4.69, 9.17) is 10.5 Å². The van der Waals surface area contributed by atoms with E-state index >= 15 is 0 Å². The van der Waals surface area contributed by atoms with Gasteiger partial charge < -0.3 is 15.4 Å². The van der Waals surface area contributed by atoms with Gasteiger partial charge >= 0.3 is 0 Å². The molecule has 0 bridgehead atoms. The Morgan fingerprint density at radius 3 is 2.73 bits per heavy atom.